The lowest BCUT2D eigenvalue weighted by Gasteiger charge is -2.35. The van der Waals surface area contributed by atoms with Crippen molar-refractivity contribution in [1.29, 1.82) is 0 Å². The summed E-state index contributed by atoms with van der Waals surface area (Å²) in [4.78, 5) is 13.6. The highest BCUT2D eigenvalue weighted by Crippen LogP contribution is 2.23. The second-order valence-corrected chi connectivity index (χ2v) is 4.75. The van der Waals surface area contributed by atoms with Gasteiger partial charge in [-0.1, -0.05) is 36.4 Å². The van der Waals surface area contributed by atoms with Crippen LogP contribution in [0.25, 0.3) is 0 Å². The van der Waals surface area contributed by atoms with Crippen LogP contribution >= 0.6 is 0 Å². The highest BCUT2D eigenvalue weighted by atomic mass is 16.1. The van der Waals surface area contributed by atoms with Gasteiger partial charge in [0.25, 0.3) is 0 Å². The van der Waals surface area contributed by atoms with E-state index in [1.807, 2.05) is 19.1 Å². The highest BCUT2D eigenvalue weighted by molar-refractivity contribution is 5.80. The molecular weight excluding hydrogens is 212 g/mol. The maximum Gasteiger partial charge on any atom is 0.235 e. The minimum atomic E-state index is -0.249. The predicted molar refractivity (Wildman–Crippen MR) is 68.4 cm³/mol. The third kappa shape index (κ3) is 2.56. The SMILES string of the molecule is C=C(C)CN1Cc2ccccc2C[C@@H]1C(N)=O. The molecule has 90 valence electrons. The molecule has 1 aliphatic heterocycles. The van der Waals surface area contributed by atoms with Crippen molar-refractivity contribution in [2.75, 3.05) is 6.54 Å². The van der Waals surface area contributed by atoms with Crippen molar-refractivity contribution in [3.05, 3.63) is 47.5 Å². The first-order valence-corrected chi connectivity index (χ1v) is 5.82. The third-order valence-electron chi connectivity index (χ3n) is 3.15. The van der Waals surface area contributed by atoms with Gasteiger partial charge in [0.15, 0.2) is 0 Å². The molecule has 0 saturated carbocycles. The van der Waals surface area contributed by atoms with E-state index in [0.717, 1.165) is 18.7 Å². The van der Waals surface area contributed by atoms with E-state index < -0.39 is 0 Å². The summed E-state index contributed by atoms with van der Waals surface area (Å²) in [6.07, 6.45) is 0.707. The quantitative estimate of drug-likeness (QED) is 0.799. The Kier molecular flexibility index (Phi) is 3.29. The smallest absolute Gasteiger partial charge is 0.235 e. The fourth-order valence-corrected chi connectivity index (χ4v) is 2.37. The number of fused-ring (bicyclic) bond motifs is 1. The standard InChI is InChI=1S/C14H18N2O/c1-10(2)8-16-9-12-6-4-3-5-11(12)7-13(16)14(15)17/h3-6,13H,1,7-9H2,2H3,(H2,15,17)/t13-/m1/s1. The number of rotatable bonds is 3. The van der Waals surface area contributed by atoms with Crippen molar-refractivity contribution < 1.29 is 4.79 Å². The lowest BCUT2D eigenvalue weighted by Crippen LogP contribution is -2.48. The average molecular weight is 230 g/mol. The van der Waals surface area contributed by atoms with Gasteiger partial charge in [0.05, 0.1) is 6.04 Å². The fraction of sp³-hybridized carbons (Fsp3) is 0.357. The van der Waals surface area contributed by atoms with Gasteiger partial charge in [-0.3, -0.25) is 9.69 Å². The van der Waals surface area contributed by atoms with Crippen molar-refractivity contribution in [2.45, 2.75) is 25.9 Å². The fourth-order valence-electron chi connectivity index (χ4n) is 2.37. The summed E-state index contributed by atoms with van der Waals surface area (Å²) in [6.45, 7) is 7.37. The van der Waals surface area contributed by atoms with Crippen LogP contribution in [0.5, 0.6) is 0 Å². The Morgan fingerprint density at radius 3 is 2.71 bits per heavy atom. The molecule has 1 atom stereocenters. The van der Waals surface area contributed by atoms with Gasteiger partial charge in [-0.2, -0.15) is 0 Å². The summed E-state index contributed by atoms with van der Waals surface area (Å²) in [5, 5.41) is 0. The summed E-state index contributed by atoms with van der Waals surface area (Å²) in [6, 6.07) is 8.01. The molecule has 0 bridgehead atoms. The molecule has 0 unspecified atom stereocenters. The number of carbonyl (C=O) groups excluding carboxylic acids is 1. The number of hydrogen-bond donors (Lipinski definition) is 1. The van der Waals surface area contributed by atoms with E-state index in [4.69, 9.17) is 5.73 Å². The zero-order valence-corrected chi connectivity index (χ0v) is 10.1. The number of nitrogens with zero attached hydrogens (tertiary/aromatic N) is 1. The normalized spacial score (nSPS) is 19.7. The molecule has 1 amide bonds. The Morgan fingerprint density at radius 2 is 2.12 bits per heavy atom. The number of nitrogens with two attached hydrogens (primary N) is 1. The van der Waals surface area contributed by atoms with Gasteiger partial charge in [-0.25, -0.2) is 0 Å². The van der Waals surface area contributed by atoms with Crippen molar-refractivity contribution in [3.63, 3.8) is 0 Å². The molecular formula is C14H18N2O. The van der Waals surface area contributed by atoms with Crippen LogP contribution in [-0.2, 0) is 17.8 Å². The van der Waals surface area contributed by atoms with Crippen molar-refractivity contribution in [2.24, 2.45) is 5.73 Å². The first kappa shape index (κ1) is 11.9. The molecule has 3 heteroatoms. The topological polar surface area (TPSA) is 46.3 Å². The first-order valence-electron chi connectivity index (χ1n) is 5.82. The van der Waals surface area contributed by atoms with Crippen LogP contribution in [-0.4, -0.2) is 23.4 Å². The van der Waals surface area contributed by atoms with Crippen molar-refractivity contribution in [1.82, 2.24) is 4.90 Å². The molecule has 0 radical (unpaired) electrons. The molecule has 1 aromatic rings. The van der Waals surface area contributed by atoms with Crippen LogP contribution in [0.2, 0.25) is 0 Å². The Morgan fingerprint density at radius 1 is 1.47 bits per heavy atom. The molecule has 1 heterocycles. The van der Waals surface area contributed by atoms with E-state index in [9.17, 15) is 4.79 Å². The number of primary amides is 1. The largest absolute Gasteiger partial charge is 0.368 e. The molecule has 0 aliphatic carbocycles. The summed E-state index contributed by atoms with van der Waals surface area (Å²) in [5.74, 6) is -0.249. The first-order chi connectivity index (χ1) is 8.08. The van der Waals surface area contributed by atoms with Crippen LogP contribution in [0.15, 0.2) is 36.4 Å². The minimum Gasteiger partial charge on any atom is -0.368 e. The zero-order chi connectivity index (χ0) is 12.4. The van der Waals surface area contributed by atoms with E-state index in [0.29, 0.717) is 6.42 Å². The molecule has 1 aromatic carbocycles. The Balaban J connectivity index is 2.27. The van der Waals surface area contributed by atoms with Crippen LogP contribution in [0.3, 0.4) is 0 Å². The molecule has 1 aliphatic rings. The van der Waals surface area contributed by atoms with E-state index in [-0.39, 0.29) is 11.9 Å². The van der Waals surface area contributed by atoms with Gasteiger partial charge in [0.2, 0.25) is 5.91 Å². The summed E-state index contributed by atoms with van der Waals surface area (Å²) < 4.78 is 0. The molecule has 2 rings (SSSR count). The zero-order valence-electron chi connectivity index (χ0n) is 10.1. The monoisotopic (exact) mass is 230 g/mol. The Hall–Kier alpha value is -1.61. The van der Waals surface area contributed by atoms with Gasteiger partial charge >= 0.3 is 0 Å². The van der Waals surface area contributed by atoms with E-state index >= 15 is 0 Å². The van der Waals surface area contributed by atoms with Crippen molar-refractivity contribution in [3.8, 4) is 0 Å². The van der Waals surface area contributed by atoms with Gasteiger partial charge in [0, 0.05) is 13.1 Å². The lowest BCUT2D eigenvalue weighted by atomic mass is 9.93. The maximum atomic E-state index is 11.5. The number of carbonyl (C=O) groups is 1. The number of benzene rings is 1. The van der Waals surface area contributed by atoms with Crippen LogP contribution in [0.4, 0.5) is 0 Å². The Bertz CT molecular complexity index is 453. The van der Waals surface area contributed by atoms with Gasteiger partial charge in [-0.05, 0) is 24.5 Å². The second kappa shape index (κ2) is 4.72. The Labute approximate surface area is 102 Å². The van der Waals surface area contributed by atoms with Crippen LogP contribution in [0, 0.1) is 0 Å². The molecule has 0 fully saturated rings. The van der Waals surface area contributed by atoms with Gasteiger partial charge in [0.1, 0.15) is 0 Å². The van der Waals surface area contributed by atoms with Crippen LogP contribution in [0.1, 0.15) is 18.1 Å². The maximum absolute atomic E-state index is 11.5. The number of amides is 1. The van der Waals surface area contributed by atoms with E-state index in [1.54, 1.807) is 0 Å². The van der Waals surface area contributed by atoms with Crippen LogP contribution < -0.4 is 5.73 Å². The number of hydrogen-bond acceptors (Lipinski definition) is 2. The third-order valence-corrected chi connectivity index (χ3v) is 3.15. The van der Waals surface area contributed by atoms with Crippen molar-refractivity contribution >= 4 is 5.91 Å². The second-order valence-electron chi connectivity index (χ2n) is 4.75. The molecule has 0 aromatic heterocycles. The van der Waals surface area contributed by atoms with E-state index in [2.05, 4.69) is 23.6 Å². The van der Waals surface area contributed by atoms with Gasteiger partial charge < -0.3 is 5.73 Å². The lowest BCUT2D eigenvalue weighted by molar-refractivity contribution is -0.123. The average Bonchev–Trinajstić information content (AvgIpc) is 2.27. The molecule has 0 saturated heterocycles. The molecule has 3 nitrogen and oxygen atoms in total. The van der Waals surface area contributed by atoms with E-state index in [1.165, 1.54) is 11.1 Å². The summed E-state index contributed by atoms with van der Waals surface area (Å²) in [5.41, 5.74) is 9.05. The van der Waals surface area contributed by atoms with Gasteiger partial charge in [-0.15, -0.1) is 0 Å². The molecule has 2 N–H and O–H groups in total. The molecule has 0 spiro atoms. The minimum absolute atomic E-state index is 0.207. The summed E-state index contributed by atoms with van der Waals surface area (Å²) in [7, 11) is 0. The highest BCUT2D eigenvalue weighted by Gasteiger charge is 2.29. The predicted octanol–water partition coefficient (Wildman–Crippen LogP) is 1.47. The summed E-state index contributed by atoms with van der Waals surface area (Å²) >= 11 is 0. The molecule has 17 heavy (non-hydrogen) atoms.